The second-order valence-corrected chi connectivity index (χ2v) is 6.66. The summed E-state index contributed by atoms with van der Waals surface area (Å²) in [6.45, 7) is 8.41. The van der Waals surface area contributed by atoms with Crippen molar-refractivity contribution in [2.24, 2.45) is 0 Å². The molecule has 0 N–H and O–H groups in total. The number of hydrogen-bond acceptors (Lipinski definition) is 3. The average molecular weight is 265 g/mol. The minimum absolute atomic E-state index is 0.155. The number of benzene rings is 1. The van der Waals surface area contributed by atoms with Crippen molar-refractivity contribution >= 4 is 17.7 Å². The highest BCUT2D eigenvalue weighted by Crippen LogP contribution is 2.24. The van der Waals surface area contributed by atoms with Crippen LogP contribution in [0.4, 0.5) is 0 Å². The topological polar surface area (TPSA) is 40.1 Å². The van der Waals surface area contributed by atoms with Crippen LogP contribution in [0.25, 0.3) is 0 Å². The molecule has 1 rings (SSSR count). The second-order valence-electron chi connectivity index (χ2n) is 5.47. The zero-order valence-corrected chi connectivity index (χ0v) is 12.3. The molecular formula is C15H21O2S-. The lowest BCUT2D eigenvalue weighted by atomic mass is 9.87. The molecule has 3 heteroatoms. The molecule has 0 radical (unpaired) electrons. The van der Waals surface area contributed by atoms with Gasteiger partial charge in [0.1, 0.15) is 0 Å². The number of rotatable bonds is 5. The minimum atomic E-state index is -0.964. The summed E-state index contributed by atoms with van der Waals surface area (Å²) < 4.78 is 0. The van der Waals surface area contributed by atoms with Gasteiger partial charge in [-0.15, -0.1) is 11.8 Å². The lowest BCUT2D eigenvalue weighted by Gasteiger charge is -2.19. The van der Waals surface area contributed by atoms with E-state index >= 15 is 0 Å². The van der Waals surface area contributed by atoms with Gasteiger partial charge in [-0.2, -0.15) is 0 Å². The van der Waals surface area contributed by atoms with Crippen molar-refractivity contribution in [2.75, 3.05) is 0 Å². The molecule has 0 aliphatic carbocycles. The van der Waals surface area contributed by atoms with Gasteiger partial charge in [-0.05, 0) is 23.0 Å². The fourth-order valence-corrected chi connectivity index (χ4v) is 2.61. The Morgan fingerprint density at radius 1 is 1.28 bits per heavy atom. The van der Waals surface area contributed by atoms with E-state index in [0.29, 0.717) is 6.42 Å². The first-order valence-corrected chi connectivity index (χ1v) is 7.31. The summed E-state index contributed by atoms with van der Waals surface area (Å²) >= 11 is 1.43. The molecule has 1 aromatic carbocycles. The predicted octanol–water partition coefficient (Wildman–Crippen LogP) is 2.75. The van der Waals surface area contributed by atoms with Crippen LogP contribution in [-0.2, 0) is 16.0 Å². The van der Waals surface area contributed by atoms with Crippen molar-refractivity contribution in [1.82, 2.24) is 0 Å². The average Bonchev–Trinajstić information content (AvgIpc) is 2.29. The molecule has 0 amide bonds. The molecule has 0 fully saturated rings. The molecule has 0 heterocycles. The van der Waals surface area contributed by atoms with Gasteiger partial charge < -0.3 is 9.90 Å². The Morgan fingerprint density at radius 3 is 2.22 bits per heavy atom. The lowest BCUT2D eigenvalue weighted by Crippen LogP contribution is -2.33. The summed E-state index contributed by atoms with van der Waals surface area (Å²) in [5.41, 5.74) is 2.61. The summed E-state index contributed by atoms with van der Waals surface area (Å²) in [5.74, 6) is -0.245. The molecule has 1 aromatic rings. The number of carbonyl (C=O) groups excluding carboxylic acids is 1. The maximum Gasteiger partial charge on any atom is 0.0544 e. The van der Waals surface area contributed by atoms with Crippen LogP contribution in [0.5, 0.6) is 0 Å². The van der Waals surface area contributed by atoms with Crippen LogP contribution in [-0.4, -0.2) is 11.2 Å². The number of carboxylic acid groups (broad SMARTS) is 1. The van der Waals surface area contributed by atoms with Gasteiger partial charge >= 0.3 is 0 Å². The summed E-state index contributed by atoms with van der Waals surface area (Å²) in [6.07, 6.45) is 0.604. The van der Waals surface area contributed by atoms with Gasteiger partial charge in [0.2, 0.25) is 0 Å². The highest BCUT2D eigenvalue weighted by Gasteiger charge is 2.13. The van der Waals surface area contributed by atoms with Crippen molar-refractivity contribution < 1.29 is 9.90 Å². The van der Waals surface area contributed by atoms with E-state index in [0.717, 1.165) is 11.3 Å². The Kier molecular flexibility index (Phi) is 5.27. The Labute approximate surface area is 114 Å². The highest BCUT2D eigenvalue weighted by atomic mass is 32.2. The first-order chi connectivity index (χ1) is 8.34. The predicted molar refractivity (Wildman–Crippen MR) is 75.5 cm³/mol. The molecule has 0 spiro atoms. The molecule has 0 saturated heterocycles. The van der Waals surface area contributed by atoms with Gasteiger partial charge in [-0.25, -0.2) is 0 Å². The minimum Gasteiger partial charge on any atom is -0.549 e. The van der Waals surface area contributed by atoms with Crippen molar-refractivity contribution in [1.29, 1.82) is 0 Å². The van der Waals surface area contributed by atoms with Gasteiger partial charge in [0.05, 0.1) is 5.97 Å². The molecule has 0 bridgehead atoms. The summed E-state index contributed by atoms with van der Waals surface area (Å²) in [6, 6.07) is 8.40. The van der Waals surface area contributed by atoms with Crippen molar-refractivity contribution in [3.05, 3.63) is 35.4 Å². The molecule has 0 aromatic heterocycles. The third-order valence-electron chi connectivity index (χ3n) is 2.90. The maximum absolute atomic E-state index is 10.8. The fourth-order valence-electron chi connectivity index (χ4n) is 1.65. The molecule has 18 heavy (non-hydrogen) atoms. The van der Waals surface area contributed by atoms with Crippen molar-refractivity contribution in [3.63, 3.8) is 0 Å². The first kappa shape index (κ1) is 15.1. The summed E-state index contributed by atoms with van der Waals surface area (Å²) in [7, 11) is 0. The van der Waals surface area contributed by atoms with E-state index in [1.165, 1.54) is 17.3 Å². The first-order valence-electron chi connectivity index (χ1n) is 6.26. The largest absolute Gasteiger partial charge is 0.549 e. The van der Waals surface area contributed by atoms with Gasteiger partial charge in [0.15, 0.2) is 0 Å². The van der Waals surface area contributed by atoms with E-state index in [1.807, 2.05) is 6.92 Å². The Morgan fingerprint density at radius 2 is 1.83 bits per heavy atom. The van der Waals surface area contributed by atoms with Gasteiger partial charge in [0.25, 0.3) is 0 Å². The van der Waals surface area contributed by atoms with E-state index in [4.69, 9.17) is 0 Å². The molecule has 2 nitrogen and oxygen atoms in total. The van der Waals surface area contributed by atoms with E-state index in [1.54, 1.807) is 0 Å². The standard InChI is InChI=1S/C15H22O2S/c1-5-13(14(16)17)18-10-11-6-8-12(9-7-11)15(2,3)4/h6-9,13H,5,10H2,1-4H3,(H,16,17)/p-1. The van der Waals surface area contributed by atoms with E-state index in [-0.39, 0.29) is 5.41 Å². The summed E-state index contributed by atoms with van der Waals surface area (Å²) in [5, 5.41) is 10.4. The third kappa shape index (κ3) is 4.37. The van der Waals surface area contributed by atoms with Gasteiger partial charge in [-0.3, -0.25) is 0 Å². The van der Waals surface area contributed by atoms with Crippen molar-refractivity contribution in [2.45, 2.75) is 50.5 Å². The smallest absolute Gasteiger partial charge is 0.0544 e. The van der Waals surface area contributed by atoms with Crippen molar-refractivity contribution in [3.8, 4) is 0 Å². The zero-order valence-electron chi connectivity index (χ0n) is 11.5. The van der Waals surface area contributed by atoms with Crippen LogP contribution in [0.15, 0.2) is 24.3 Å². The van der Waals surface area contributed by atoms with Crippen LogP contribution in [0, 0.1) is 0 Å². The molecule has 0 aliphatic heterocycles. The highest BCUT2D eigenvalue weighted by molar-refractivity contribution is 7.99. The maximum atomic E-state index is 10.8. The number of carboxylic acids is 1. The monoisotopic (exact) mass is 265 g/mol. The fraction of sp³-hybridized carbons (Fsp3) is 0.533. The second kappa shape index (κ2) is 6.28. The van der Waals surface area contributed by atoms with Crippen LogP contribution >= 0.6 is 11.8 Å². The molecule has 0 aliphatic rings. The molecular weight excluding hydrogens is 244 g/mol. The quantitative estimate of drug-likeness (QED) is 0.822. The number of hydrogen-bond donors (Lipinski definition) is 0. The molecule has 0 saturated carbocycles. The van der Waals surface area contributed by atoms with Crippen LogP contribution < -0.4 is 5.11 Å². The van der Waals surface area contributed by atoms with Gasteiger partial charge in [-0.1, -0.05) is 52.0 Å². The Bertz CT molecular complexity index is 390. The normalized spacial score (nSPS) is 13.3. The number of aliphatic carboxylic acids is 1. The lowest BCUT2D eigenvalue weighted by molar-refractivity contribution is -0.304. The van der Waals surface area contributed by atoms with E-state index in [2.05, 4.69) is 45.0 Å². The Hall–Kier alpha value is -0.960. The van der Waals surface area contributed by atoms with Gasteiger partial charge in [0, 0.05) is 11.0 Å². The zero-order chi connectivity index (χ0) is 13.8. The van der Waals surface area contributed by atoms with Crippen LogP contribution in [0.3, 0.4) is 0 Å². The van der Waals surface area contributed by atoms with E-state index < -0.39 is 11.2 Å². The number of carbonyl (C=O) groups is 1. The van der Waals surface area contributed by atoms with Crippen LogP contribution in [0.1, 0.15) is 45.2 Å². The Balaban J connectivity index is 2.62. The SMILES string of the molecule is CCC(SCc1ccc(C(C)(C)C)cc1)C(=O)[O-]. The third-order valence-corrected chi connectivity index (χ3v) is 4.33. The molecule has 100 valence electrons. The van der Waals surface area contributed by atoms with E-state index in [9.17, 15) is 9.90 Å². The molecule has 1 unspecified atom stereocenters. The summed E-state index contributed by atoms with van der Waals surface area (Å²) in [4.78, 5) is 10.8. The van der Waals surface area contributed by atoms with Crippen LogP contribution in [0.2, 0.25) is 0 Å². The number of thioether (sulfide) groups is 1. The molecule has 1 atom stereocenters.